The molecule has 0 aromatic heterocycles. The summed E-state index contributed by atoms with van der Waals surface area (Å²) in [5.41, 5.74) is 2.83. The number of aryl methyl sites for hydroxylation is 1. The number of hydrogen-bond donors (Lipinski definition) is 1. The molecular formula is C28H37N3O2. The summed E-state index contributed by atoms with van der Waals surface area (Å²) in [6, 6.07) is 18.7. The third-order valence-corrected chi connectivity index (χ3v) is 8.40. The Hall–Kier alpha value is -2.53. The molecule has 1 saturated carbocycles. The molecular weight excluding hydrogens is 410 g/mol. The molecule has 1 spiro atoms. The monoisotopic (exact) mass is 447 g/mol. The van der Waals surface area contributed by atoms with Crippen molar-refractivity contribution in [3.63, 3.8) is 0 Å². The molecule has 2 aromatic rings. The number of phenolic OH excluding ortho intramolecular Hbond substituents is 1. The van der Waals surface area contributed by atoms with Crippen LogP contribution < -0.4 is 4.90 Å². The van der Waals surface area contributed by atoms with E-state index in [9.17, 15) is 9.90 Å². The molecule has 2 aromatic carbocycles. The number of anilines is 1. The van der Waals surface area contributed by atoms with Crippen LogP contribution >= 0.6 is 0 Å². The van der Waals surface area contributed by atoms with Crippen LogP contribution in [0.15, 0.2) is 54.6 Å². The summed E-state index contributed by atoms with van der Waals surface area (Å²) in [5, 5.41) is 9.46. The average molecular weight is 448 g/mol. The lowest BCUT2D eigenvalue weighted by Gasteiger charge is -2.38. The first-order valence-corrected chi connectivity index (χ1v) is 12.6. The molecule has 1 N–H and O–H groups in total. The second-order valence-corrected chi connectivity index (χ2v) is 10.4. The fourth-order valence-corrected chi connectivity index (χ4v) is 5.92. The summed E-state index contributed by atoms with van der Waals surface area (Å²) in [6.07, 6.45) is 5.60. The minimum Gasteiger partial charge on any atom is -0.508 e. The van der Waals surface area contributed by atoms with Gasteiger partial charge in [0.2, 0.25) is 5.91 Å². The number of para-hydroxylation sites is 1. The van der Waals surface area contributed by atoms with E-state index in [0.29, 0.717) is 17.7 Å². The highest BCUT2D eigenvalue weighted by Crippen LogP contribution is 2.60. The Bertz CT molecular complexity index is 929. The zero-order valence-electron chi connectivity index (χ0n) is 19.8. The predicted octanol–water partition coefficient (Wildman–Crippen LogP) is 4.16. The average Bonchev–Trinajstić information content (AvgIpc) is 3.57. The number of nitrogens with zero attached hydrogens (tertiary/aromatic N) is 3. The molecule has 3 aliphatic rings. The number of carbonyl (C=O) groups is 1. The molecule has 0 unspecified atom stereocenters. The van der Waals surface area contributed by atoms with Crippen molar-refractivity contribution in [1.82, 2.24) is 9.80 Å². The Labute approximate surface area is 198 Å². The highest BCUT2D eigenvalue weighted by atomic mass is 16.3. The fourth-order valence-electron chi connectivity index (χ4n) is 5.92. The summed E-state index contributed by atoms with van der Waals surface area (Å²) in [6.45, 7) is 8.12. The van der Waals surface area contributed by atoms with Gasteiger partial charge in [-0.05, 0) is 87.4 Å². The molecule has 33 heavy (non-hydrogen) atoms. The molecule has 176 valence electrons. The lowest BCUT2D eigenvalue weighted by atomic mass is 9.89. The minimum absolute atomic E-state index is 0.259. The van der Waals surface area contributed by atoms with Gasteiger partial charge in [0.05, 0.1) is 0 Å². The number of piperidine rings is 1. The molecule has 0 radical (unpaired) electrons. The van der Waals surface area contributed by atoms with E-state index in [1.54, 1.807) is 12.1 Å². The summed E-state index contributed by atoms with van der Waals surface area (Å²) in [5.74, 6) is 1.01. The van der Waals surface area contributed by atoms with Gasteiger partial charge in [0.15, 0.2) is 0 Å². The van der Waals surface area contributed by atoms with Gasteiger partial charge in [-0.1, -0.05) is 30.3 Å². The Kier molecular flexibility index (Phi) is 6.33. The van der Waals surface area contributed by atoms with Crippen LogP contribution in [-0.4, -0.2) is 66.1 Å². The van der Waals surface area contributed by atoms with Crippen molar-refractivity contribution >= 4 is 11.6 Å². The van der Waals surface area contributed by atoms with Crippen LogP contribution in [-0.2, 0) is 11.2 Å². The third kappa shape index (κ3) is 4.89. The van der Waals surface area contributed by atoms with Gasteiger partial charge in [0.1, 0.15) is 5.75 Å². The van der Waals surface area contributed by atoms with Crippen LogP contribution in [0.25, 0.3) is 0 Å². The maximum Gasteiger partial charge on any atom is 0.226 e. The molecule has 2 atom stereocenters. The normalized spacial score (nSPS) is 23.5. The van der Waals surface area contributed by atoms with Crippen molar-refractivity contribution in [1.29, 1.82) is 0 Å². The van der Waals surface area contributed by atoms with E-state index in [0.717, 1.165) is 71.4 Å². The Morgan fingerprint density at radius 2 is 1.64 bits per heavy atom. The molecule has 5 heteroatoms. The van der Waals surface area contributed by atoms with Crippen molar-refractivity contribution < 1.29 is 9.90 Å². The Balaban J connectivity index is 1.06. The number of rotatable bonds is 6. The second-order valence-electron chi connectivity index (χ2n) is 10.4. The first kappa shape index (κ1) is 22.3. The largest absolute Gasteiger partial charge is 0.508 e. The van der Waals surface area contributed by atoms with E-state index in [-0.39, 0.29) is 11.3 Å². The first-order chi connectivity index (χ1) is 16.0. The zero-order chi connectivity index (χ0) is 22.8. The Morgan fingerprint density at radius 3 is 2.30 bits per heavy atom. The predicted molar refractivity (Wildman–Crippen MR) is 132 cm³/mol. The number of benzene rings is 2. The second kappa shape index (κ2) is 9.38. The molecule has 5 rings (SSSR count). The number of likely N-dealkylation sites (tertiary alicyclic amines) is 1. The third-order valence-electron chi connectivity index (χ3n) is 8.40. The molecule has 0 bridgehead atoms. The van der Waals surface area contributed by atoms with Gasteiger partial charge in [-0.15, -0.1) is 0 Å². The van der Waals surface area contributed by atoms with Gasteiger partial charge in [-0.2, -0.15) is 0 Å². The molecule has 5 nitrogen and oxygen atoms in total. The number of hydrogen-bond acceptors (Lipinski definition) is 4. The number of piperazine rings is 1. The smallest absolute Gasteiger partial charge is 0.226 e. The van der Waals surface area contributed by atoms with Crippen LogP contribution in [0.1, 0.15) is 38.2 Å². The van der Waals surface area contributed by atoms with Crippen LogP contribution in [0.4, 0.5) is 5.69 Å². The lowest BCUT2D eigenvalue weighted by molar-refractivity contribution is -0.134. The fraction of sp³-hybridized carbons (Fsp3) is 0.536. The van der Waals surface area contributed by atoms with Crippen LogP contribution in [0.2, 0.25) is 0 Å². The van der Waals surface area contributed by atoms with Gasteiger partial charge in [-0.25, -0.2) is 0 Å². The molecule has 3 fully saturated rings. The maximum atomic E-state index is 13.3. The minimum atomic E-state index is 0.259. The van der Waals surface area contributed by atoms with Gasteiger partial charge in [-0.3, -0.25) is 4.79 Å². The molecule has 2 aliphatic heterocycles. The van der Waals surface area contributed by atoms with Crippen molar-refractivity contribution in [3.8, 4) is 5.75 Å². The summed E-state index contributed by atoms with van der Waals surface area (Å²) >= 11 is 0. The quantitative estimate of drug-likeness (QED) is 0.722. The SMILES string of the molecule is C[C@@H](CCc1ccc(O)cc1)N1CCC2(CC1)C[C@H]2C(=O)N1CCN(c2ccccc2)CC1. The number of aromatic hydroxyl groups is 1. The van der Waals surface area contributed by atoms with E-state index in [1.165, 1.54) is 11.3 Å². The van der Waals surface area contributed by atoms with Crippen molar-refractivity contribution in [2.75, 3.05) is 44.2 Å². The topological polar surface area (TPSA) is 47.0 Å². The molecule has 1 amide bonds. The van der Waals surface area contributed by atoms with Crippen molar-refractivity contribution in [2.45, 2.75) is 45.1 Å². The summed E-state index contributed by atoms with van der Waals surface area (Å²) in [4.78, 5) is 20.4. The first-order valence-electron chi connectivity index (χ1n) is 12.6. The van der Waals surface area contributed by atoms with Crippen molar-refractivity contribution in [2.24, 2.45) is 11.3 Å². The van der Waals surface area contributed by atoms with E-state index in [2.05, 4.69) is 52.0 Å². The van der Waals surface area contributed by atoms with E-state index in [4.69, 9.17) is 0 Å². The van der Waals surface area contributed by atoms with Crippen LogP contribution in [0, 0.1) is 11.3 Å². The number of carbonyl (C=O) groups excluding carboxylic acids is 1. The standard InChI is InChI=1S/C28H37N3O2/c1-22(7-8-23-9-11-25(32)12-10-23)29-15-13-28(14-16-29)21-26(28)27(33)31-19-17-30(18-20-31)24-5-3-2-4-6-24/h2-6,9-12,22,26,32H,7-8,13-21H2,1H3/t22-,26-/m0/s1. The number of amides is 1. The molecule has 2 heterocycles. The molecule has 1 aliphatic carbocycles. The summed E-state index contributed by atoms with van der Waals surface area (Å²) < 4.78 is 0. The maximum absolute atomic E-state index is 13.3. The van der Waals surface area contributed by atoms with Gasteiger partial charge in [0, 0.05) is 43.8 Å². The number of phenols is 1. The van der Waals surface area contributed by atoms with Gasteiger partial charge < -0.3 is 19.8 Å². The van der Waals surface area contributed by atoms with E-state index in [1.807, 2.05) is 12.1 Å². The summed E-state index contributed by atoms with van der Waals surface area (Å²) in [7, 11) is 0. The zero-order valence-corrected chi connectivity index (χ0v) is 19.8. The highest BCUT2D eigenvalue weighted by molar-refractivity contribution is 5.83. The van der Waals surface area contributed by atoms with Crippen LogP contribution in [0.3, 0.4) is 0 Å². The highest BCUT2D eigenvalue weighted by Gasteiger charge is 2.59. The Morgan fingerprint density at radius 1 is 0.970 bits per heavy atom. The van der Waals surface area contributed by atoms with Crippen molar-refractivity contribution in [3.05, 3.63) is 60.2 Å². The van der Waals surface area contributed by atoms with Crippen LogP contribution in [0.5, 0.6) is 5.75 Å². The lowest BCUT2D eigenvalue weighted by Crippen LogP contribution is -2.50. The van der Waals surface area contributed by atoms with E-state index >= 15 is 0 Å². The molecule has 2 saturated heterocycles. The van der Waals surface area contributed by atoms with Gasteiger partial charge >= 0.3 is 0 Å². The van der Waals surface area contributed by atoms with E-state index < -0.39 is 0 Å². The van der Waals surface area contributed by atoms with Gasteiger partial charge in [0.25, 0.3) is 0 Å².